The molecule has 2 atom stereocenters. The zero-order chi connectivity index (χ0) is 21.4. The SMILES string of the molecule is Cc1ncnc(NCCNC(=O)[C@H](N)Cc2ccc(Cl)cc2)c1[C@H](C)CC(F)F. The van der Waals surface area contributed by atoms with Crippen molar-refractivity contribution >= 4 is 23.3 Å². The summed E-state index contributed by atoms with van der Waals surface area (Å²) in [6.07, 6.45) is -0.883. The Morgan fingerprint density at radius 2 is 1.90 bits per heavy atom. The summed E-state index contributed by atoms with van der Waals surface area (Å²) < 4.78 is 25.5. The van der Waals surface area contributed by atoms with E-state index >= 15 is 0 Å². The van der Waals surface area contributed by atoms with Crippen molar-refractivity contribution in [2.24, 2.45) is 5.73 Å². The molecule has 29 heavy (non-hydrogen) atoms. The highest BCUT2D eigenvalue weighted by Gasteiger charge is 2.19. The molecule has 0 aliphatic carbocycles. The van der Waals surface area contributed by atoms with Gasteiger partial charge in [-0.2, -0.15) is 0 Å². The van der Waals surface area contributed by atoms with Crippen LogP contribution in [-0.4, -0.2) is 41.4 Å². The molecule has 9 heteroatoms. The van der Waals surface area contributed by atoms with Crippen LogP contribution in [-0.2, 0) is 11.2 Å². The Bertz CT molecular complexity index is 804. The maximum absolute atomic E-state index is 12.8. The first-order chi connectivity index (χ1) is 13.8. The van der Waals surface area contributed by atoms with E-state index in [1.54, 1.807) is 26.0 Å². The van der Waals surface area contributed by atoms with E-state index in [4.69, 9.17) is 17.3 Å². The minimum atomic E-state index is -2.40. The summed E-state index contributed by atoms with van der Waals surface area (Å²) in [5, 5.41) is 6.48. The van der Waals surface area contributed by atoms with Gasteiger partial charge < -0.3 is 16.4 Å². The van der Waals surface area contributed by atoms with Gasteiger partial charge in [-0.05, 0) is 37.0 Å². The fraction of sp³-hybridized carbons (Fsp3) is 0.450. The number of carbonyl (C=O) groups is 1. The number of nitrogens with one attached hydrogen (secondary N) is 2. The normalized spacial score (nSPS) is 13.2. The molecule has 2 rings (SSSR count). The average molecular weight is 426 g/mol. The van der Waals surface area contributed by atoms with Crippen LogP contribution in [0.1, 0.15) is 36.1 Å². The Balaban J connectivity index is 1.84. The number of aromatic nitrogens is 2. The van der Waals surface area contributed by atoms with Gasteiger partial charge in [-0.1, -0.05) is 30.7 Å². The lowest BCUT2D eigenvalue weighted by Crippen LogP contribution is -2.43. The number of halogens is 3. The molecule has 158 valence electrons. The van der Waals surface area contributed by atoms with Gasteiger partial charge in [0.05, 0.1) is 6.04 Å². The van der Waals surface area contributed by atoms with Gasteiger partial charge in [-0.3, -0.25) is 4.79 Å². The molecule has 0 unspecified atom stereocenters. The Kier molecular flexibility index (Phi) is 8.72. The smallest absolute Gasteiger partial charge is 0.239 e. The number of amides is 1. The maximum atomic E-state index is 12.8. The summed E-state index contributed by atoms with van der Waals surface area (Å²) in [5.74, 6) is -0.154. The van der Waals surface area contributed by atoms with Crippen molar-refractivity contribution in [3.8, 4) is 0 Å². The van der Waals surface area contributed by atoms with Crippen molar-refractivity contribution in [3.63, 3.8) is 0 Å². The quantitative estimate of drug-likeness (QED) is 0.508. The van der Waals surface area contributed by atoms with Crippen LogP contribution in [0.25, 0.3) is 0 Å². The average Bonchev–Trinajstić information content (AvgIpc) is 2.66. The summed E-state index contributed by atoms with van der Waals surface area (Å²) in [6.45, 7) is 4.19. The van der Waals surface area contributed by atoms with Crippen LogP contribution >= 0.6 is 11.6 Å². The first kappa shape index (κ1) is 23.0. The van der Waals surface area contributed by atoms with E-state index in [2.05, 4.69) is 20.6 Å². The molecular formula is C20H26ClF2N5O. The van der Waals surface area contributed by atoms with Gasteiger partial charge >= 0.3 is 0 Å². The summed E-state index contributed by atoms with van der Waals surface area (Å²) >= 11 is 5.85. The van der Waals surface area contributed by atoms with Crippen molar-refractivity contribution in [1.82, 2.24) is 15.3 Å². The first-order valence-corrected chi connectivity index (χ1v) is 9.77. The number of carbonyl (C=O) groups excluding carboxylic acids is 1. The van der Waals surface area contributed by atoms with Gasteiger partial charge in [0.25, 0.3) is 0 Å². The Hall–Kier alpha value is -2.32. The van der Waals surface area contributed by atoms with Crippen LogP contribution < -0.4 is 16.4 Å². The van der Waals surface area contributed by atoms with Crippen LogP contribution in [0.4, 0.5) is 14.6 Å². The van der Waals surface area contributed by atoms with E-state index in [1.807, 2.05) is 12.1 Å². The minimum Gasteiger partial charge on any atom is -0.368 e. The molecular weight excluding hydrogens is 400 g/mol. The third-order valence-electron chi connectivity index (χ3n) is 4.53. The highest BCUT2D eigenvalue weighted by Crippen LogP contribution is 2.29. The highest BCUT2D eigenvalue weighted by molar-refractivity contribution is 6.30. The first-order valence-electron chi connectivity index (χ1n) is 9.39. The molecule has 1 aromatic heterocycles. The lowest BCUT2D eigenvalue weighted by molar-refractivity contribution is -0.122. The van der Waals surface area contributed by atoms with E-state index in [0.717, 1.165) is 5.56 Å². The van der Waals surface area contributed by atoms with Crippen molar-refractivity contribution in [1.29, 1.82) is 0 Å². The number of hydrogen-bond donors (Lipinski definition) is 3. The van der Waals surface area contributed by atoms with Gasteiger partial charge in [-0.25, -0.2) is 18.7 Å². The topological polar surface area (TPSA) is 92.9 Å². The van der Waals surface area contributed by atoms with E-state index in [-0.39, 0.29) is 18.2 Å². The summed E-state index contributed by atoms with van der Waals surface area (Å²) in [4.78, 5) is 20.4. The van der Waals surface area contributed by atoms with Crippen LogP contribution in [0.15, 0.2) is 30.6 Å². The Morgan fingerprint density at radius 3 is 2.55 bits per heavy atom. The zero-order valence-corrected chi connectivity index (χ0v) is 17.2. The molecule has 0 aliphatic rings. The van der Waals surface area contributed by atoms with Gasteiger partial charge in [0.2, 0.25) is 12.3 Å². The second kappa shape index (κ2) is 11.0. The Labute approximate surface area is 174 Å². The van der Waals surface area contributed by atoms with Crippen molar-refractivity contribution in [3.05, 3.63) is 52.4 Å². The Morgan fingerprint density at radius 1 is 1.21 bits per heavy atom. The number of alkyl halides is 2. The lowest BCUT2D eigenvalue weighted by atomic mass is 9.97. The van der Waals surface area contributed by atoms with Crippen LogP contribution in [0.3, 0.4) is 0 Å². The second-order valence-electron chi connectivity index (χ2n) is 6.90. The van der Waals surface area contributed by atoms with Crippen molar-refractivity contribution < 1.29 is 13.6 Å². The molecule has 4 N–H and O–H groups in total. The van der Waals surface area contributed by atoms with Crippen LogP contribution in [0.5, 0.6) is 0 Å². The number of rotatable bonds is 10. The fourth-order valence-electron chi connectivity index (χ4n) is 3.06. The molecule has 0 fully saturated rings. The van der Waals surface area contributed by atoms with Gasteiger partial charge in [-0.15, -0.1) is 0 Å². The van der Waals surface area contributed by atoms with Gasteiger partial charge in [0.15, 0.2) is 0 Å². The molecule has 0 saturated heterocycles. The number of anilines is 1. The molecule has 1 aromatic carbocycles. The van der Waals surface area contributed by atoms with Crippen LogP contribution in [0.2, 0.25) is 5.02 Å². The molecule has 0 saturated carbocycles. The van der Waals surface area contributed by atoms with Crippen LogP contribution in [0, 0.1) is 6.92 Å². The largest absolute Gasteiger partial charge is 0.368 e. The monoisotopic (exact) mass is 425 g/mol. The van der Waals surface area contributed by atoms with E-state index < -0.39 is 12.5 Å². The van der Waals surface area contributed by atoms with Gasteiger partial charge in [0, 0.05) is 35.8 Å². The number of nitrogens with zero attached hydrogens (tertiary/aromatic N) is 2. The molecule has 0 aliphatic heterocycles. The van der Waals surface area contributed by atoms with E-state index in [1.165, 1.54) is 6.33 Å². The van der Waals surface area contributed by atoms with Crippen molar-refractivity contribution in [2.45, 2.75) is 45.1 Å². The number of hydrogen-bond acceptors (Lipinski definition) is 5. The van der Waals surface area contributed by atoms with E-state index in [0.29, 0.717) is 41.6 Å². The predicted molar refractivity (Wildman–Crippen MR) is 110 cm³/mol. The zero-order valence-electron chi connectivity index (χ0n) is 16.5. The number of aryl methyl sites for hydroxylation is 1. The fourth-order valence-corrected chi connectivity index (χ4v) is 3.19. The minimum absolute atomic E-state index is 0.265. The third-order valence-corrected chi connectivity index (χ3v) is 4.78. The number of nitrogens with two attached hydrogens (primary N) is 1. The molecule has 6 nitrogen and oxygen atoms in total. The molecule has 2 aromatic rings. The molecule has 0 spiro atoms. The van der Waals surface area contributed by atoms with Gasteiger partial charge in [0.1, 0.15) is 12.1 Å². The van der Waals surface area contributed by atoms with Crippen molar-refractivity contribution in [2.75, 3.05) is 18.4 Å². The summed E-state index contributed by atoms with van der Waals surface area (Å²) in [5.41, 5.74) is 8.20. The lowest BCUT2D eigenvalue weighted by Gasteiger charge is -2.18. The standard InChI is InChI=1S/C20H26ClF2N5O/c1-12(9-17(22)23)18-13(2)27-11-28-19(18)25-7-8-26-20(29)16(24)10-14-3-5-15(21)6-4-14/h3-6,11-12,16-17H,7-10,24H2,1-2H3,(H,26,29)(H,25,27,28)/t12-,16-/m1/s1. The highest BCUT2D eigenvalue weighted by atomic mass is 35.5. The molecule has 0 radical (unpaired) electrons. The maximum Gasteiger partial charge on any atom is 0.239 e. The summed E-state index contributed by atoms with van der Waals surface area (Å²) in [7, 11) is 0. The third kappa shape index (κ3) is 7.21. The second-order valence-corrected chi connectivity index (χ2v) is 7.34. The summed E-state index contributed by atoms with van der Waals surface area (Å²) in [6, 6.07) is 6.48. The molecule has 1 amide bonds. The molecule has 1 heterocycles. The van der Waals surface area contributed by atoms with E-state index in [9.17, 15) is 13.6 Å². The molecule has 0 bridgehead atoms. The predicted octanol–water partition coefficient (Wildman–Crippen LogP) is 3.30. The number of benzene rings is 1.